The quantitative estimate of drug-likeness (QED) is 0.809. The Morgan fingerprint density at radius 2 is 1.83 bits per heavy atom. The summed E-state index contributed by atoms with van der Waals surface area (Å²) in [5.74, 6) is 1.75. The molecule has 1 aromatic carbocycles. The van der Waals surface area contributed by atoms with E-state index in [1.165, 1.54) is 0 Å². The van der Waals surface area contributed by atoms with Crippen molar-refractivity contribution in [3.8, 4) is 11.5 Å². The molecule has 0 N–H and O–H groups in total. The normalized spacial score (nSPS) is 16.4. The number of piperidine rings is 1. The molecule has 1 aliphatic rings. The first-order valence-electron chi connectivity index (χ1n) is 6.30. The molecule has 1 aromatic rings. The van der Waals surface area contributed by atoms with E-state index in [-0.39, 0.29) is 6.09 Å². The van der Waals surface area contributed by atoms with E-state index in [0.29, 0.717) is 17.4 Å². The summed E-state index contributed by atoms with van der Waals surface area (Å²) in [5, 5.41) is 0. The van der Waals surface area contributed by atoms with Crippen molar-refractivity contribution in [2.45, 2.75) is 19.8 Å². The van der Waals surface area contributed by atoms with Gasteiger partial charge in [0, 0.05) is 13.1 Å². The SMILES string of the molecule is COc1ccccc1OC(=O)N1CCC(C)CC1. The summed E-state index contributed by atoms with van der Waals surface area (Å²) < 4.78 is 10.5. The highest BCUT2D eigenvalue weighted by atomic mass is 16.6. The summed E-state index contributed by atoms with van der Waals surface area (Å²) in [7, 11) is 1.56. The van der Waals surface area contributed by atoms with Crippen LogP contribution in [0.4, 0.5) is 4.79 Å². The summed E-state index contributed by atoms with van der Waals surface area (Å²) in [6.07, 6.45) is 1.80. The van der Waals surface area contributed by atoms with Gasteiger partial charge in [0.15, 0.2) is 11.5 Å². The van der Waals surface area contributed by atoms with Gasteiger partial charge in [-0.2, -0.15) is 0 Å². The lowest BCUT2D eigenvalue weighted by Gasteiger charge is -2.29. The molecule has 4 heteroatoms. The molecular weight excluding hydrogens is 230 g/mol. The van der Waals surface area contributed by atoms with Crippen molar-refractivity contribution >= 4 is 6.09 Å². The van der Waals surface area contributed by atoms with Gasteiger partial charge in [-0.25, -0.2) is 4.79 Å². The molecule has 0 atom stereocenters. The van der Waals surface area contributed by atoms with Crippen LogP contribution < -0.4 is 9.47 Å². The molecule has 1 fully saturated rings. The third-order valence-corrected chi connectivity index (χ3v) is 3.31. The summed E-state index contributed by atoms with van der Waals surface area (Å²) in [5.41, 5.74) is 0. The molecule has 0 bridgehead atoms. The Morgan fingerprint density at radius 1 is 1.22 bits per heavy atom. The fraction of sp³-hybridized carbons (Fsp3) is 0.500. The average Bonchev–Trinajstić information content (AvgIpc) is 2.40. The second-order valence-corrected chi connectivity index (χ2v) is 4.69. The van der Waals surface area contributed by atoms with Crippen LogP contribution in [0.2, 0.25) is 0 Å². The van der Waals surface area contributed by atoms with E-state index in [1.807, 2.05) is 12.1 Å². The molecule has 0 saturated carbocycles. The first kappa shape index (κ1) is 12.7. The Hall–Kier alpha value is -1.71. The fourth-order valence-corrected chi connectivity index (χ4v) is 2.05. The predicted octanol–water partition coefficient (Wildman–Crippen LogP) is 2.93. The van der Waals surface area contributed by atoms with Gasteiger partial charge in [0.2, 0.25) is 0 Å². The van der Waals surface area contributed by atoms with Gasteiger partial charge in [0.1, 0.15) is 0 Å². The summed E-state index contributed by atoms with van der Waals surface area (Å²) >= 11 is 0. The third-order valence-electron chi connectivity index (χ3n) is 3.31. The highest BCUT2D eigenvalue weighted by Crippen LogP contribution is 2.27. The molecule has 4 nitrogen and oxygen atoms in total. The molecule has 0 radical (unpaired) electrons. The molecule has 18 heavy (non-hydrogen) atoms. The van der Waals surface area contributed by atoms with Gasteiger partial charge in [-0.3, -0.25) is 0 Å². The Kier molecular flexibility index (Phi) is 4.07. The maximum absolute atomic E-state index is 12.0. The first-order chi connectivity index (χ1) is 8.70. The van der Waals surface area contributed by atoms with Crippen LogP contribution in [0.1, 0.15) is 19.8 Å². The summed E-state index contributed by atoms with van der Waals surface area (Å²) in [6, 6.07) is 7.19. The van der Waals surface area contributed by atoms with Crippen LogP contribution in [0.3, 0.4) is 0 Å². The zero-order chi connectivity index (χ0) is 13.0. The highest BCUT2D eigenvalue weighted by Gasteiger charge is 2.22. The van der Waals surface area contributed by atoms with Crippen LogP contribution in [-0.4, -0.2) is 31.2 Å². The van der Waals surface area contributed by atoms with Crippen molar-refractivity contribution in [3.05, 3.63) is 24.3 Å². The van der Waals surface area contributed by atoms with Crippen LogP contribution in [0.5, 0.6) is 11.5 Å². The van der Waals surface area contributed by atoms with E-state index >= 15 is 0 Å². The largest absolute Gasteiger partial charge is 0.493 e. The Balaban J connectivity index is 1.98. The van der Waals surface area contributed by atoms with Gasteiger partial charge >= 0.3 is 6.09 Å². The van der Waals surface area contributed by atoms with Crippen LogP contribution >= 0.6 is 0 Å². The number of benzene rings is 1. The number of para-hydroxylation sites is 2. The van der Waals surface area contributed by atoms with Gasteiger partial charge in [-0.1, -0.05) is 19.1 Å². The molecule has 0 aromatic heterocycles. The number of nitrogens with zero attached hydrogens (tertiary/aromatic N) is 1. The molecule has 98 valence electrons. The second-order valence-electron chi connectivity index (χ2n) is 4.69. The van der Waals surface area contributed by atoms with Crippen LogP contribution in [0.15, 0.2) is 24.3 Å². The number of carbonyl (C=O) groups excluding carboxylic acids is 1. The number of rotatable bonds is 2. The van der Waals surface area contributed by atoms with Crippen molar-refractivity contribution in [1.82, 2.24) is 4.90 Å². The predicted molar refractivity (Wildman–Crippen MR) is 69.0 cm³/mol. The molecule has 1 saturated heterocycles. The molecular formula is C14H19NO3. The number of carbonyl (C=O) groups is 1. The van der Waals surface area contributed by atoms with Crippen molar-refractivity contribution in [1.29, 1.82) is 0 Å². The van der Waals surface area contributed by atoms with Crippen molar-refractivity contribution in [2.75, 3.05) is 20.2 Å². The van der Waals surface area contributed by atoms with E-state index < -0.39 is 0 Å². The second kappa shape index (κ2) is 5.76. The number of ether oxygens (including phenoxy) is 2. The van der Waals surface area contributed by atoms with Crippen molar-refractivity contribution < 1.29 is 14.3 Å². The van der Waals surface area contributed by atoms with Gasteiger partial charge in [-0.05, 0) is 30.9 Å². The van der Waals surface area contributed by atoms with Crippen molar-refractivity contribution in [3.63, 3.8) is 0 Å². The molecule has 1 amide bonds. The fourth-order valence-electron chi connectivity index (χ4n) is 2.05. The number of hydrogen-bond acceptors (Lipinski definition) is 3. The van der Waals surface area contributed by atoms with Crippen LogP contribution in [0, 0.1) is 5.92 Å². The lowest BCUT2D eigenvalue weighted by atomic mass is 10.00. The van der Waals surface area contributed by atoms with E-state index in [1.54, 1.807) is 24.1 Å². The molecule has 1 heterocycles. The molecule has 2 rings (SSSR count). The number of hydrogen-bond donors (Lipinski definition) is 0. The van der Waals surface area contributed by atoms with E-state index in [9.17, 15) is 4.79 Å². The third kappa shape index (κ3) is 2.94. The lowest BCUT2D eigenvalue weighted by molar-refractivity contribution is 0.132. The van der Waals surface area contributed by atoms with E-state index in [0.717, 1.165) is 25.9 Å². The first-order valence-corrected chi connectivity index (χ1v) is 6.30. The molecule has 1 aliphatic heterocycles. The standard InChI is InChI=1S/C14H19NO3/c1-11-7-9-15(10-8-11)14(16)18-13-6-4-3-5-12(13)17-2/h3-6,11H,7-10H2,1-2H3. The topological polar surface area (TPSA) is 38.8 Å². The Labute approximate surface area is 107 Å². The average molecular weight is 249 g/mol. The van der Waals surface area contributed by atoms with E-state index in [4.69, 9.17) is 9.47 Å². The molecule has 0 aliphatic carbocycles. The maximum Gasteiger partial charge on any atom is 0.415 e. The Bertz CT molecular complexity index is 411. The molecule has 0 spiro atoms. The van der Waals surface area contributed by atoms with Gasteiger partial charge in [0.05, 0.1) is 7.11 Å². The van der Waals surface area contributed by atoms with E-state index in [2.05, 4.69) is 6.92 Å². The minimum atomic E-state index is -0.286. The Morgan fingerprint density at radius 3 is 2.44 bits per heavy atom. The number of methoxy groups -OCH3 is 1. The van der Waals surface area contributed by atoms with Gasteiger partial charge < -0.3 is 14.4 Å². The van der Waals surface area contributed by atoms with Crippen LogP contribution in [-0.2, 0) is 0 Å². The minimum Gasteiger partial charge on any atom is -0.493 e. The summed E-state index contributed by atoms with van der Waals surface area (Å²) in [4.78, 5) is 13.7. The number of likely N-dealkylation sites (tertiary alicyclic amines) is 1. The monoisotopic (exact) mass is 249 g/mol. The van der Waals surface area contributed by atoms with Gasteiger partial charge in [0.25, 0.3) is 0 Å². The lowest BCUT2D eigenvalue weighted by Crippen LogP contribution is -2.39. The van der Waals surface area contributed by atoms with Crippen molar-refractivity contribution in [2.24, 2.45) is 5.92 Å². The zero-order valence-corrected chi connectivity index (χ0v) is 10.9. The minimum absolute atomic E-state index is 0.286. The summed E-state index contributed by atoms with van der Waals surface area (Å²) in [6.45, 7) is 3.76. The maximum atomic E-state index is 12.0. The van der Waals surface area contributed by atoms with Gasteiger partial charge in [-0.15, -0.1) is 0 Å². The highest BCUT2D eigenvalue weighted by molar-refractivity contribution is 5.71. The van der Waals surface area contributed by atoms with Crippen LogP contribution in [0.25, 0.3) is 0 Å². The smallest absolute Gasteiger partial charge is 0.415 e. The zero-order valence-electron chi connectivity index (χ0n) is 10.9. The number of amides is 1. The molecule has 0 unspecified atom stereocenters.